The molecule has 1 saturated heterocycles. The van der Waals surface area contributed by atoms with Gasteiger partial charge >= 0.3 is 0 Å². The minimum atomic E-state index is 0.303. The van der Waals surface area contributed by atoms with Crippen LogP contribution >= 0.6 is 0 Å². The molecule has 1 nitrogen and oxygen atoms in total. The van der Waals surface area contributed by atoms with Crippen molar-refractivity contribution in [2.75, 3.05) is 6.61 Å². The quantitative estimate of drug-likeness (QED) is 0.500. The average molecular weight is 164 g/mol. The number of ether oxygens (including phenoxy) is 1. The summed E-state index contributed by atoms with van der Waals surface area (Å²) in [6.07, 6.45) is 11.5. The van der Waals surface area contributed by atoms with E-state index in [1.807, 2.05) is 0 Å². The maximum Gasteiger partial charge on any atom is 0.0751 e. The van der Waals surface area contributed by atoms with Crippen molar-refractivity contribution in [2.24, 2.45) is 11.8 Å². The number of fused-ring (bicyclic) bond motifs is 1. The third kappa shape index (κ3) is 0.832. The van der Waals surface area contributed by atoms with E-state index in [1.165, 1.54) is 32.1 Å². The third-order valence-electron chi connectivity index (χ3n) is 3.88. The van der Waals surface area contributed by atoms with Gasteiger partial charge in [0.05, 0.1) is 5.60 Å². The van der Waals surface area contributed by atoms with E-state index in [2.05, 4.69) is 12.2 Å². The van der Waals surface area contributed by atoms with Gasteiger partial charge in [-0.1, -0.05) is 12.2 Å². The fourth-order valence-corrected chi connectivity index (χ4v) is 3.25. The highest BCUT2D eigenvalue weighted by Gasteiger charge is 2.47. The summed E-state index contributed by atoms with van der Waals surface area (Å²) < 4.78 is 5.96. The molecular formula is C11H16O. The van der Waals surface area contributed by atoms with Crippen LogP contribution < -0.4 is 0 Å². The predicted octanol–water partition coefficient (Wildman–Crippen LogP) is 2.52. The van der Waals surface area contributed by atoms with Crippen molar-refractivity contribution >= 4 is 0 Å². The van der Waals surface area contributed by atoms with Crippen LogP contribution in [0.3, 0.4) is 0 Å². The highest BCUT2D eigenvalue weighted by molar-refractivity contribution is 5.14. The standard InChI is InChI=1S/C11H16O/c1-6-11(12-7-1)8-9-2-4-10(11)5-3-9/h2,4,9-10H,1,3,5-8H2/t9-,10+,11+/m1/s1. The zero-order valence-corrected chi connectivity index (χ0v) is 7.46. The van der Waals surface area contributed by atoms with Gasteiger partial charge in [0, 0.05) is 12.5 Å². The van der Waals surface area contributed by atoms with Gasteiger partial charge in [0.25, 0.3) is 0 Å². The largest absolute Gasteiger partial charge is 0.374 e. The van der Waals surface area contributed by atoms with Crippen molar-refractivity contribution in [3.8, 4) is 0 Å². The number of allylic oxidation sites excluding steroid dienone is 1. The molecule has 1 aliphatic heterocycles. The first-order valence-corrected chi connectivity index (χ1v) is 5.21. The molecule has 4 rings (SSSR count). The van der Waals surface area contributed by atoms with Crippen molar-refractivity contribution in [3.63, 3.8) is 0 Å². The monoisotopic (exact) mass is 164 g/mol. The lowest BCUT2D eigenvalue weighted by molar-refractivity contribution is -0.0691. The molecule has 0 aromatic carbocycles. The van der Waals surface area contributed by atoms with Crippen LogP contribution in [0.4, 0.5) is 0 Å². The maximum absolute atomic E-state index is 5.96. The summed E-state index contributed by atoms with van der Waals surface area (Å²) in [4.78, 5) is 0. The van der Waals surface area contributed by atoms with E-state index in [9.17, 15) is 0 Å². The van der Waals surface area contributed by atoms with Crippen molar-refractivity contribution < 1.29 is 4.74 Å². The summed E-state index contributed by atoms with van der Waals surface area (Å²) >= 11 is 0. The molecule has 2 fully saturated rings. The Balaban J connectivity index is 1.93. The smallest absolute Gasteiger partial charge is 0.0751 e. The zero-order valence-electron chi connectivity index (χ0n) is 7.46. The second-order valence-electron chi connectivity index (χ2n) is 4.55. The Kier molecular flexibility index (Phi) is 1.40. The van der Waals surface area contributed by atoms with Gasteiger partial charge in [-0.3, -0.25) is 0 Å². The summed E-state index contributed by atoms with van der Waals surface area (Å²) in [6.45, 7) is 1.01. The Morgan fingerprint density at radius 2 is 2.25 bits per heavy atom. The molecule has 0 amide bonds. The average Bonchev–Trinajstić information content (AvgIpc) is 2.55. The summed E-state index contributed by atoms with van der Waals surface area (Å²) in [6, 6.07) is 0. The number of hydrogen-bond acceptors (Lipinski definition) is 1. The van der Waals surface area contributed by atoms with Gasteiger partial charge in [-0.2, -0.15) is 0 Å². The molecule has 1 heterocycles. The zero-order chi connectivity index (χ0) is 8.02. The second-order valence-corrected chi connectivity index (χ2v) is 4.55. The molecule has 2 bridgehead atoms. The van der Waals surface area contributed by atoms with E-state index in [0.29, 0.717) is 5.60 Å². The van der Waals surface area contributed by atoms with Crippen molar-refractivity contribution in [2.45, 2.75) is 37.7 Å². The molecule has 0 N–H and O–H groups in total. The van der Waals surface area contributed by atoms with E-state index in [1.54, 1.807) is 0 Å². The first-order chi connectivity index (χ1) is 5.89. The SMILES string of the molecule is C1=C[C@H]2CC[C@@H]1C[C@@]21CCCO1. The topological polar surface area (TPSA) is 9.23 Å². The van der Waals surface area contributed by atoms with Gasteiger partial charge in [0.2, 0.25) is 0 Å². The first kappa shape index (κ1) is 7.14. The van der Waals surface area contributed by atoms with Crippen molar-refractivity contribution in [1.82, 2.24) is 0 Å². The molecule has 3 aliphatic carbocycles. The van der Waals surface area contributed by atoms with Gasteiger partial charge < -0.3 is 4.74 Å². The molecule has 1 saturated carbocycles. The van der Waals surface area contributed by atoms with Crippen molar-refractivity contribution in [1.29, 1.82) is 0 Å². The molecule has 0 aromatic heterocycles. The molecule has 0 radical (unpaired) electrons. The lowest BCUT2D eigenvalue weighted by Gasteiger charge is -2.45. The summed E-state index contributed by atoms with van der Waals surface area (Å²) in [5.74, 6) is 1.60. The van der Waals surface area contributed by atoms with Crippen LogP contribution in [0.2, 0.25) is 0 Å². The molecule has 3 atom stereocenters. The fourth-order valence-electron chi connectivity index (χ4n) is 3.25. The first-order valence-electron chi connectivity index (χ1n) is 5.21. The lowest BCUT2D eigenvalue weighted by atomic mass is 9.65. The van der Waals surface area contributed by atoms with Crippen LogP contribution in [0.1, 0.15) is 32.1 Å². The van der Waals surface area contributed by atoms with E-state index in [-0.39, 0.29) is 0 Å². The Morgan fingerprint density at radius 3 is 2.75 bits per heavy atom. The minimum Gasteiger partial charge on any atom is -0.374 e. The van der Waals surface area contributed by atoms with Crippen LogP contribution in [0.15, 0.2) is 12.2 Å². The maximum atomic E-state index is 5.96. The van der Waals surface area contributed by atoms with Gasteiger partial charge in [-0.15, -0.1) is 0 Å². The van der Waals surface area contributed by atoms with E-state index in [4.69, 9.17) is 4.74 Å². The van der Waals surface area contributed by atoms with E-state index < -0.39 is 0 Å². The van der Waals surface area contributed by atoms with E-state index in [0.717, 1.165) is 18.4 Å². The van der Waals surface area contributed by atoms with Crippen LogP contribution in [0, 0.1) is 11.8 Å². The summed E-state index contributed by atoms with van der Waals surface area (Å²) in [5.41, 5.74) is 0.303. The summed E-state index contributed by atoms with van der Waals surface area (Å²) in [7, 11) is 0. The molecule has 12 heavy (non-hydrogen) atoms. The van der Waals surface area contributed by atoms with E-state index >= 15 is 0 Å². The molecular weight excluding hydrogens is 148 g/mol. The molecule has 0 unspecified atom stereocenters. The lowest BCUT2D eigenvalue weighted by Crippen LogP contribution is -2.44. The summed E-state index contributed by atoms with van der Waals surface area (Å²) in [5, 5.41) is 0. The molecule has 1 heteroatoms. The van der Waals surface area contributed by atoms with Crippen LogP contribution in [0.25, 0.3) is 0 Å². The van der Waals surface area contributed by atoms with Gasteiger partial charge in [0.1, 0.15) is 0 Å². The highest BCUT2D eigenvalue weighted by Crippen LogP contribution is 2.49. The Bertz CT molecular complexity index is 213. The van der Waals surface area contributed by atoms with Crippen LogP contribution in [-0.4, -0.2) is 12.2 Å². The minimum absolute atomic E-state index is 0.303. The Hall–Kier alpha value is -0.300. The van der Waals surface area contributed by atoms with Crippen molar-refractivity contribution in [3.05, 3.63) is 12.2 Å². The predicted molar refractivity (Wildman–Crippen MR) is 47.9 cm³/mol. The molecule has 0 aromatic rings. The Labute approximate surface area is 73.8 Å². The molecule has 1 spiro atoms. The van der Waals surface area contributed by atoms with Gasteiger partial charge in [-0.25, -0.2) is 0 Å². The van der Waals surface area contributed by atoms with Gasteiger partial charge in [-0.05, 0) is 38.0 Å². The number of rotatable bonds is 0. The van der Waals surface area contributed by atoms with Crippen LogP contribution in [-0.2, 0) is 4.74 Å². The third-order valence-corrected chi connectivity index (χ3v) is 3.88. The van der Waals surface area contributed by atoms with Crippen LogP contribution in [0.5, 0.6) is 0 Å². The molecule has 66 valence electrons. The van der Waals surface area contributed by atoms with Gasteiger partial charge in [0.15, 0.2) is 0 Å². The Morgan fingerprint density at radius 1 is 1.25 bits per heavy atom. The highest BCUT2D eigenvalue weighted by atomic mass is 16.5. The fraction of sp³-hybridized carbons (Fsp3) is 0.818. The molecule has 4 aliphatic rings. The number of hydrogen-bond donors (Lipinski definition) is 0. The second kappa shape index (κ2) is 2.35. The normalized spacial score (nSPS) is 50.7.